The molecule has 0 aliphatic rings. The first kappa shape index (κ1) is 13.8. The van der Waals surface area contributed by atoms with Crippen LogP contribution in [0.25, 0.3) is 0 Å². The Labute approximate surface area is 110 Å². The molecular formula is C13H15BrO3. The van der Waals surface area contributed by atoms with E-state index in [2.05, 4.69) is 15.9 Å². The third-order valence-electron chi connectivity index (χ3n) is 2.11. The van der Waals surface area contributed by atoms with E-state index < -0.39 is 0 Å². The molecule has 0 aliphatic carbocycles. The number of carbonyl (C=O) groups excluding carboxylic acids is 1. The quantitative estimate of drug-likeness (QED) is 0.615. The molecule has 0 spiro atoms. The number of hydrogen-bond donors (Lipinski definition) is 0. The molecule has 0 heterocycles. The summed E-state index contributed by atoms with van der Waals surface area (Å²) < 4.78 is 11.5. The Morgan fingerprint density at radius 2 is 2.12 bits per heavy atom. The van der Waals surface area contributed by atoms with Crippen molar-refractivity contribution < 1.29 is 14.3 Å². The third kappa shape index (κ3) is 3.89. The number of carbonyl (C=O) groups is 1. The molecule has 17 heavy (non-hydrogen) atoms. The molecule has 0 bridgehead atoms. The minimum Gasteiger partial charge on any atom is -0.493 e. The summed E-state index contributed by atoms with van der Waals surface area (Å²) in [4.78, 5) is 10.7. The lowest BCUT2D eigenvalue weighted by molar-refractivity contribution is 0.112. The number of benzene rings is 1. The van der Waals surface area contributed by atoms with Gasteiger partial charge in [-0.2, -0.15) is 0 Å². The molecule has 0 saturated carbocycles. The molecule has 0 atom stereocenters. The van der Waals surface area contributed by atoms with Crippen LogP contribution in [0.5, 0.6) is 11.5 Å². The van der Waals surface area contributed by atoms with Crippen molar-refractivity contribution in [3.63, 3.8) is 0 Å². The first-order valence-electron chi connectivity index (χ1n) is 5.17. The second-order valence-corrected chi connectivity index (χ2v) is 4.60. The van der Waals surface area contributed by atoms with Crippen LogP contribution in [-0.4, -0.2) is 20.0 Å². The van der Waals surface area contributed by atoms with Gasteiger partial charge in [0.2, 0.25) is 0 Å². The Hall–Kier alpha value is -1.29. The van der Waals surface area contributed by atoms with Crippen molar-refractivity contribution in [2.45, 2.75) is 13.8 Å². The smallest absolute Gasteiger partial charge is 0.175 e. The fourth-order valence-corrected chi connectivity index (χ4v) is 1.81. The highest BCUT2D eigenvalue weighted by Crippen LogP contribution is 2.36. The van der Waals surface area contributed by atoms with Gasteiger partial charge >= 0.3 is 0 Å². The highest BCUT2D eigenvalue weighted by molar-refractivity contribution is 9.10. The predicted molar refractivity (Wildman–Crippen MR) is 71.0 cm³/mol. The zero-order valence-electron chi connectivity index (χ0n) is 10.1. The number of aldehydes is 1. The zero-order valence-corrected chi connectivity index (χ0v) is 11.7. The number of ether oxygens (including phenoxy) is 2. The summed E-state index contributed by atoms with van der Waals surface area (Å²) in [5, 5.41) is 0. The third-order valence-corrected chi connectivity index (χ3v) is 2.70. The Kier molecular flexibility index (Phi) is 5.22. The average Bonchev–Trinajstić information content (AvgIpc) is 2.30. The lowest BCUT2D eigenvalue weighted by Gasteiger charge is -2.12. The molecule has 92 valence electrons. The van der Waals surface area contributed by atoms with Gasteiger partial charge in [-0.25, -0.2) is 0 Å². The summed E-state index contributed by atoms with van der Waals surface area (Å²) in [6, 6.07) is 3.35. The van der Waals surface area contributed by atoms with Gasteiger partial charge in [-0.3, -0.25) is 4.79 Å². The topological polar surface area (TPSA) is 35.5 Å². The molecule has 0 radical (unpaired) electrons. The van der Waals surface area contributed by atoms with E-state index in [9.17, 15) is 4.79 Å². The highest BCUT2D eigenvalue weighted by atomic mass is 79.9. The first-order valence-corrected chi connectivity index (χ1v) is 5.96. The molecule has 0 saturated heterocycles. The SMILES string of the molecule is COc1cc(C=O)cc(Br)c1OCC=C(C)C. The van der Waals surface area contributed by atoms with E-state index >= 15 is 0 Å². The van der Waals surface area contributed by atoms with Crippen molar-refractivity contribution >= 4 is 22.2 Å². The maximum Gasteiger partial charge on any atom is 0.175 e. The fraction of sp³-hybridized carbons (Fsp3) is 0.308. The Morgan fingerprint density at radius 3 is 2.65 bits per heavy atom. The van der Waals surface area contributed by atoms with Crippen LogP contribution in [-0.2, 0) is 0 Å². The van der Waals surface area contributed by atoms with E-state index in [4.69, 9.17) is 9.47 Å². The maximum atomic E-state index is 10.7. The number of halogens is 1. The molecule has 3 nitrogen and oxygen atoms in total. The maximum absolute atomic E-state index is 10.7. The van der Waals surface area contributed by atoms with E-state index in [-0.39, 0.29) is 0 Å². The molecule has 0 aromatic heterocycles. The second kappa shape index (κ2) is 6.45. The summed E-state index contributed by atoms with van der Waals surface area (Å²) in [7, 11) is 1.55. The number of hydrogen-bond acceptors (Lipinski definition) is 3. The van der Waals surface area contributed by atoms with Crippen molar-refractivity contribution in [3.8, 4) is 11.5 Å². The van der Waals surface area contributed by atoms with Crippen LogP contribution in [0.15, 0.2) is 28.3 Å². The van der Waals surface area contributed by atoms with Gasteiger partial charge in [0.1, 0.15) is 12.9 Å². The summed E-state index contributed by atoms with van der Waals surface area (Å²) in [6.45, 7) is 4.48. The molecule has 1 rings (SSSR count). The minimum absolute atomic E-state index is 0.470. The van der Waals surface area contributed by atoms with Crippen molar-refractivity contribution in [1.82, 2.24) is 0 Å². The van der Waals surface area contributed by atoms with Crippen LogP contribution < -0.4 is 9.47 Å². The van der Waals surface area contributed by atoms with Gasteiger partial charge in [0.05, 0.1) is 11.6 Å². The van der Waals surface area contributed by atoms with Crippen molar-refractivity contribution in [2.75, 3.05) is 13.7 Å². The zero-order chi connectivity index (χ0) is 12.8. The van der Waals surface area contributed by atoms with E-state index in [1.54, 1.807) is 19.2 Å². The Balaban J connectivity index is 2.97. The highest BCUT2D eigenvalue weighted by Gasteiger charge is 2.10. The second-order valence-electron chi connectivity index (χ2n) is 3.74. The summed E-state index contributed by atoms with van der Waals surface area (Å²) in [6.07, 6.45) is 2.74. The van der Waals surface area contributed by atoms with E-state index in [0.717, 1.165) is 6.29 Å². The van der Waals surface area contributed by atoms with Gasteiger partial charge in [0.15, 0.2) is 11.5 Å². The van der Waals surface area contributed by atoms with Crippen LogP contribution >= 0.6 is 15.9 Å². The van der Waals surface area contributed by atoms with Crippen molar-refractivity contribution in [2.24, 2.45) is 0 Å². The van der Waals surface area contributed by atoms with Crippen molar-refractivity contribution in [3.05, 3.63) is 33.8 Å². The average molecular weight is 299 g/mol. The standard InChI is InChI=1S/C13H15BrO3/c1-9(2)4-5-17-13-11(14)6-10(8-15)7-12(13)16-3/h4,6-8H,5H2,1-3H3. The van der Waals surface area contributed by atoms with Gasteiger partial charge in [-0.15, -0.1) is 0 Å². The van der Waals surface area contributed by atoms with Crippen molar-refractivity contribution in [1.29, 1.82) is 0 Å². The Morgan fingerprint density at radius 1 is 1.41 bits per heavy atom. The van der Waals surface area contributed by atoms with Crippen LogP contribution in [0.4, 0.5) is 0 Å². The van der Waals surface area contributed by atoms with Crippen LogP contribution in [0.2, 0.25) is 0 Å². The molecule has 1 aromatic rings. The molecule has 0 amide bonds. The van der Waals surface area contributed by atoms with Gasteiger partial charge in [-0.1, -0.05) is 5.57 Å². The van der Waals surface area contributed by atoms with E-state index in [1.165, 1.54) is 5.57 Å². The van der Waals surface area contributed by atoms with Crippen LogP contribution in [0, 0.1) is 0 Å². The number of rotatable bonds is 5. The minimum atomic E-state index is 0.470. The largest absolute Gasteiger partial charge is 0.493 e. The Bertz CT molecular complexity index is 435. The van der Waals surface area contributed by atoms with Gasteiger partial charge in [0.25, 0.3) is 0 Å². The van der Waals surface area contributed by atoms with E-state index in [0.29, 0.717) is 28.1 Å². The van der Waals surface area contributed by atoms with Gasteiger partial charge in [0, 0.05) is 5.56 Å². The molecule has 0 N–H and O–H groups in total. The molecule has 0 aliphatic heterocycles. The lowest BCUT2D eigenvalue weighted by atomic mass is 10.2. The lowest BCUT2D eigenvalue weighted by Crippen LogP contribution is -1.99. The molecule has 0 unspecified atom stereocenters. The normalized spacial score (nSPS) is 9.65. The summed E-state index contributed by atoms with van der Waals surface area (Å²) in [5.74, 6) is 1.15. The number of allylic oxidation sites excluding steroid dienone is 1. The fourth-order valence-electron chi connectivity index (χ4n) is 1.24. The number of methoxy groups -OCH3 is 1. The molecular weight excluding hydrogens is 284 g/mol. The molecule has 0 fully saturated rings. The van der Waals surface area contributed by atoms with E-state index in [1.807, 2.05) is 19.9 Å². The first-order chi connectivity index (χ1) is 8.08. The molecule has 1 aromatic carbocycles. The van der Waals surface area contributed by atoms with Crippen LogP contribution in [0.3, 0.4) is 0 Å². The molecule has 4 heteroatoms. The van der Waals surface area contributed by atoms with Crippen LogP contribution in [0.1, 0.15) is 24.2 Å². The van der Waals surface area contributed by atoms with Gasteiger partial charge < -0.3 is 9.47 Å². The summed E-state index contributed by atoms with van der Waals surface area (Å²) >= 11 is 3.36. The monoisotopic (exact) mass is 298 g/mol. The summed E-state index contributed by atoms with van der Waals surface area (Å²) in [5.41, 5.74) is 1.73. The van der Waals surface area contributed by atoms with Gasteiger partial charge in [-0.05, 0) is 48.0 Å². The predicted octanol–water partition coefficient (Wildman–Crippen LogP) is 3.62.